The molecule has 0 aliphatic heterocycles. The van der Waals surface area contributed by atoms with Crippen LogP contribution in [0.25, 0.3) is 11.3 Å². The van der Waals surface area contributed by atoms with E-state index in [9.17, 15) is 23.1 Å². The lowest BCUT2D eigenvalue weighted by Crippen LogP contribution is -2.09. The van der Waals surface area contributed by atoms with Gasteiger partial charge in [0.25, 0.3) is 0 Å². The quantitative estimate of drug-likeness (QED) is 0.733. The number of aromatic nitrogens is 3. The molecule has 140 valence electrons. The maximum absolute atomic E-state index is 12.9. The molecule has 0 aliphatic rings. The van der Waals surface area contributed by atoms with Gasteiger partial charge in [-0.25, -0.2) is 9.48 Å². The Bertz CT molecular complexity index is 966. The Morgan fingerprint density at radius 2 is 1.89 bits per heavy atom. The standard InChI is InChI=1S/C18H14F3N3O3/c1-27-14-7-5-12(6-8-14)16-15(17(25)26)22-23-24(16)10-11-3-2-4-13(9-11)18(19,20)21/h2-9H,10H2,1H3,(H,25,26). The Morgan fingerprint density at radius 3 is 2.48 bits per heavy atom. The minimum atomic E-state index is -4.47. The fraction of sp³-hybridized carbons (Fsp3) is 0.167. The number of methoxy groups -OCH3 is 1. The predicted octanol–water partition coefficient (Wildman–Crippen LogP) is 3.72. The van der Waals surface area contributed by atoms with Gasteiger partial charge in [-0.15, -0.1) is 5.10 Å². The number of aromatic carboxylic acids is 1. The average molecular weight is 377 g/mol. The van der Waals surface area contributed by atoms with Crippen molar-refractivity contribution in [1.29, 1.82) is 0 Å². The fourth-order valence-electron chi connectivity index (χ4n) is 2.62. The molecule has 0 saturated heterocycles. The van der Waals surface area contributed by atoms with Crippen molar-refractivity contribution in [3.8, 4) is 17.0 Å². The largest absolute Gasteiger partial charge is 0.497 e. The summed E-state index contributed by atoms with van der Waals surface area (Å²) in [6, 6.07) is 11.3. The summed E-state index contributed by atoms with van der Waals surface area (Å²) in [5, 5.41) is 16.8. The number of rotatable bonds is 5. The van der Waals surface area contributed by atoms with Gasteiger partial charge in [-0.3, -0.25) is 0 Å². The number of halogens is 3. The van der Waals surface area contributed by atoms with Crippen molar-refractivity contribution in [2.24, 2.45) is 0 Å². The molecule has 0 bridgehead atoms. The summed E-state index contributed by atoms with van der Waals surface area (Å²) in [5.74, 6) is -0.705. The lowest BCUT2D eigenvalue weighted by Gasteiger charge is -2.11. The van der Waals surface area contributed by atoms with Gasteiger partial charge in [-0.05, 0) is 42.0 Å². The molecule has 0 atom stereocenters. The zero-order valence-corrected chi connectivity index (χ0v) is 14.1. The first-order valence-corrected chi connectivity index (χ1v) is 7.77. The van der Waals surface area contributed by atoms with Gasteiger partial charge in [0.1, 0.15) is 11.4 Å². The van der Waals surface area contributed by atoms with E-state index in [1.54, 1.807) is 24.3 Å². The molecule has 3 rings (SSSR count). The topological polar surface area (TPSA) is 77.2 Å². The van der Waals surface area contributed by atoms with Gasteiger partial charge in [-0.1, -0.05) is 17.3 Å². The van der Waals surface area contributed by atoms with Gasteiger partial charge in [0.15, 0.2) is 5.69 Å². The van der Waals surface area contributed by atoms with Gasteiger partial charge in [0.2, 0.25) is 0 Å². The summed E-state index contributed by atoms with van der Waals surface area (Å²) in [6.07, 6.45) is -4.47. The molecule has 0 unspecified atom stereocenters. The molecule has 0 radical (unpaired) electrons. The summed E-state index contributed by atoms with van der Waals surface area (Å²) in [7, 11) is 1.50. The zero-order chi connectivity index (χ0) is 19.6. The Hall–Kier alpha value is -3.36. The van der Waals surface area contributed by atoms with Gasteiger partial charge >= 0.3 is 12.1 Å². The first-order valence-electron chi connectivity index (χ1n) is 7.77. The molecule has 1 aromatic heterocycles. The second kappa shape index (κ2) is 7.10. The Morgan fingerprint density at radius 1 is 1.19 bits per heavy atom. The van der Waals surface area contributed by atoms with Crippen LogP contribution in [0.5, 0.6) is 5.75 Å². The Balaban J connectivity index is 2.02. The second-order valence-corrected chi connectivity index (χ2v) is 5.68. The van der Waals surface area contributed by atoms with Crippen LogP contribution in [0, 0.1) is 0 Å². The number of carboxylic acid groups (broad SMARTS) is 1. The minimum absolute atomic E-state index is 0.0639. The van der Waals surface area contributed by atoms with Gasteiger partial charge < -0.3 is 9.84 Å². The summed E-state index contributed by atoms with van der Waals surface area (Å²) >= 11 is 0. The highest BCUT2D eigenvalue weighted by atomic mass is 19.4. The maximum Gasteiger partial charge on any atom is 0.416 e. The van der Waals surface area contributed by atoms with Crippen LogP contribution >= 0.6 is 0 Å². The molecular weight excluding hydrogens is 363 g/mol. The van der Waals surface area contributed by atoms with Crippen LogP contribution in [0.1, 0.15) is 21.6 Å². The van der Waals surface area contributed by atoms with Gasteiger partial charge in [0.05, 0.1) is 19.2 Å². The molecular formula is C18H14F3N3O3. The van der Waals surface area contributed by atoms with Crippen molar-refractivity contribution in [2.45, 2.75) is 12.7 Å². The third-order valence-corrected chi connectivity index (χ3v) is 3.89. The van der Waals surface area contributed by atoms with E-state index in [-0.39, 0.29) is 17.9 Å². The Labute approximate surface area is 151 Å². The van der Waals surface area contributed by atoms with Gasteiger partial charge in [-0.2, -0.15) is 13.2 Å². The summed E-state index contributed by atoms with van der Waals surface area (Å²) in [6.45, 7) is -0.0639. The van der Waals surface area contributed by atoms with E-state index in [0.29, 0.717) is 16.9 Å². The molecule has 27 heavy (non-hydrogen) atoms. The molecule has 0 amide bonds. The highest BCUT2D eigenvalue weighted by Gasteiger charge is 2.30. The molecule has 9 heteroatoms. The molecule has 0 saturated carbocycles. The van der Waals surface area contributed by atoms with E-state index in [0.717, 1.165) is 12.1 Å². The SMILES string of the molecule is COc1ccc(-c2c(C(=O)O)nnn2Cc2cccc(C(F)(F)F)c2)cc1. The highest BCUT2D eigenvalue weighted by Crippen LogP contribution is 2.30. The number of carboxylic acids is 1. The zero-order valence-electron chi connectivity index (χ0n) is 14.1. The van der Waals surface area contributed by atoms with Gasteiger partial charge in [0, 0.05) is 5.56 Å². The van der Waals surface area contributed by atoms with Crippen molar-refractivity contribution in [3.63, 3.8) is 0 Å². The number of carbonyl (C=O) groups is 1. The fourth-order valence-corrected chi connectivity index (χ4v) is 2.62. The predicted molar refractivity (Wildman–Crippen MR) is 89.5 cm³/mol. The summed E-state index contributed by atoms with van der Waals surface area (Å²) in [5.41, 5.74) is -0.0501. The second-order valence-electron chi connectivity index (χ2n) is 5.68. The molecule has 3 aromatic rings. The molecule has 0 fully saturated rings. The Kier molecular flexibility index (Phi) is 4.85. The normalized spacial score (nSPS) is 11.4. The number of hydrogen-bond donors (Lipinski definition) is 1. The van der Waals surface area contributed by atoms with Crippen molar-refractivity contribution in [3.05, 3.63) is 65.4 Å². The van der Waals surface area contributed by atoms with Crippen LogP contribution in [0.2, 0.25) is 0 Å². The molecule has 1 heterocycles. The van der Waals surface area contributed by atoms with Crippen molar-refractivity contribution < 1.29 is 27.8 Å². The van der Waals surface area contributed by atoms with E-state index >= 15 is 0 Å². The maximum atomic E-state index is 12.9. The lowest BCUT2D eigenvalue weighted by molar-refractivity contribution is -0.137. The van der Waals surface area contributed by atoms with Crippen LogP contribution in [-0.4, -0.2) is 33.2 Å². The highest BCUT2D eigenvalue weighted by molar-refractivity contribution is 5.92. The van der Waals surface area contributed by atoms with E-state index in [4.69, 9.17) is 4.74 Å². The van der Waals surface area contributed by atoms with Crippen LogP contribution in [0.3, 0.4) is 0 Å². The third-order valence-electron chi connectivity index (χ3n) is 3.89. The number of benzene rings is 2. The molecule has 6 nitrogen and oxygen atoms in total. The van der Waals surface area contributed by atoms with E-state index in [2.05, 4.69) is 10.3 Å². The lowest BCUT2D eigenvalue weighted by atomic mass is 10.1. The van der Waals surface area contributed by atoms with Crippen molar-refractivity contribution in [1.82, 2.24) is 15.0 Å². The van der Waals surface area contributed by atoms with Crippen LogP contribution < -0.4 is 4.74 Å². The van der Waals surface area contributed by atoms with Crippen LogP contribution in [-0.2, 0) is 12.7 Å². The van der Waals surface area contributed by atoms with E-state index in [1.165, 1.54) is 23.9 Å². The number of nitrogens with zero attached hydrogens (tertiary/aromatic N) is 3. The number of alkyl halides is 3. The molecule has 0 spiro atoms. The summed E-state index contributed by atoms with van der Waals surface area (Å²) in [4.78, 5) is 11.5. The van der Waals surface area contributed by atoms with Crippen LogP contribution in [0.4, 0.5) is 13.2 Å². The first-order chi connectivity index (χ1) is 12.8. The molecule has 1 N–H and O–H groups in total. The molecule has 0 aliphatic carbocycles. The average Bonchev–Trinajstić information content (AvgIpc) is 3.05. The van der Waals surface area contributed by atoms with E-state index < -0.39 is 17.7 Å². The van der Waals surface area contributed by atoms with Crippen LogP contribution in [0.15, 0.2) is 48.5 Å². The monoisotopic (exact) mass is 377 g/mol. The number of hydrogen-bond acceptors (Lipinski definition) is 4. The number of ether oxygens (including phenoxy) is 1. The summed E-state index contributed by atoms with van der Waals surface area (Å²) < 4.78 is 45.1. The first kappa shape index (κ1) is 18.4. The third kappa shape index (κ3) is 3.91. The smallest absolute Gasteiger partial charge is 0.416 e. The molecule has 2 aromatic carbocycles. The van der Waals surface area contributed by atoms with Crippen molar-refractivity contribution in [2.75, 3.05) is 7.11 Å². The van der Waals surface area contributed by atoms with E-state index in [1.807, 2.05) is 0 Å². The minimum Gasteiger partial charge on any atom is -0.497 e. The van der Waals surface area contributed by atoms with Crippen molar-refractivity contribution >= 4 is 5.97 Å².